The van der Waals surface area contributed by atoms with Gasteiger partial charge in [0.15, 0.2) is 5.82 Å². The lowest BCUT2D eigenvalue weighted by molar-refractivity contribution is 0.410. The fourth-order valence-corrected chi connectivity index (χ4v) is 2.08. The molecule has 1 aromatic heterocycles. The van der Waals surface area contributed by atoms with Crippen LogP contribution < -0.4 is 4.74 Å². The highest BCUT2D eigenvalue weighted by molar-refractivity contribution is 5.32. The fraction of sp³-hybridized carbons (Fsp3) is 0.353. The molecule has 0 aliphatic heterocycles. The molecule has 0 atom stereocenters. The summed E-state index contributed by atoms with van der Waals surface area (Å²) in [6, 6.07) is 8.57. The van der Waals surface area contributed by atoms with Crippen LogP contribution in [0.2, 0.25) is 0 Å². The van der Waals surface area contributed by atoms with Gasteiger partial charge in [0.25, 0.3) is 5.88 Å². The molecule has 0 bridgehead atoms. The van der Waals surface area contributed by atoms with Crippen LogP contribution in [0.3, 0.4) is 0 Å². The number of benzene rings is 1. The van der Waals surface area contributed by atoms with E-state index in [-0.39, 0.29) is 11.6 Å². The van der Waals surface area contributed by atoms with Crippen LogP contribution in [0.5, 0.6) is 17.4 Å². The average molecular weight is 289 g/mol. The van der Waals surface area contributed by atoms with Crippen molar-refractivity contribution in [1.29, 1.82) is 0 Å². The lowest BCUT2D eigenvalue weighted by Crippen LogP contribution is -1.92. The zero-order chi connectivity index (χ0) is 15.1. The normalized spacial score (nSPS) is 10.6. The Morgan fingerprint density at radius 2 is 1.90 bits per heavy atom. The molecule has 3 nitrogen and oxygen atoms in total. The molecule has 2 rings (SSSR count). The van der Waals surface area contributed by atoms with Crippen LogP contribution >= 0.6 is 0 Å². The van der Waals surface area contributed by atoms with Gasteiger partial charge in [0.1, 0.15) is 11.5 Å². The predicted octanol–water partition coefficient (Wildman–Crippen LogP) is 4.84. The molecule has 21 heavy (non-hydrogen) atoms. The van der Waals surface area contributed by atoms with Crippen LogP contribution in [-0.2, 0) is 6.42 Å². The van der Waals surface area contributed by atoms with Crippen LogP contribution in [0.1, 0.15) is 38.2 Å². The molecule has 1 aromatic carbocycles. The number of aromatic nitrogens is 1. The second kappa shape index (κ2) is 7.62. The van der Waals surface area contributed by atoms with Crippen molar-refractivity contribution < 1.29 is 14.2 Å². The van der Waals surface area contributed by atoms with E-state index in [4.69, 9.17) is 9.84 Å². The number of halogens is 1. The summed E-state index contributed by atoms with van der Waals surface area (Å²) in [5, 5.41) is 9.10. The molecule has 0 aliphatic rings. The van der Waals surface area contributed by atoms with E-state index in [9.17, 15) is 4.39 Å². The molecular weight excluding hydrogens is 269 g/mol. The maximum absolute atomic E-state index is 13.5. The average Bonchev–Trinajstić information content (AvgIpc) is 2.48. The molecular formula is C17H20FNO2. The van der Waals surface area contributed by atoms with Crippen LogP contribution in [0.15, 0.2) is 36.5 Å². The highest BCUT2D eigenvalue weighted by Gasteiger charge is 2.07. The molecule has 0 unspecified atom stereocenters. The molecule has 0 fully saturated rings. The van der Waals surface area contributed by atoms with E-state index in [1.54, 1.807) is 0 Å². The molecule has 0 saturated carbocycles. The van der Waals surface area contributed by atoms with E-state index < -0.39 is 5.82 Å². The predicted molar refractivity (Wildman–Crippen MR) is 80.2 cm³/mol. The van der Waals surface area contributed by atoms with Crippen molar-refractivity contribution in [3.05, 3.63) is 47.9 Å². The zero-order valence-electron chi connectivity index (χ0n) is 12.2. The van der Waals surface area contributed by atoms with E-state index >= 15 is 0 Å². The lowest BCUT2D eigenvalue weighted by Gasteiger charge is -2.07. The number of hydrogen-bond acceptors (Lipinski definition) is 3. The maximum Gasteiger partial charge on any atom is 0.256 e. The smallest absolute Gasteiger partial charge is 0.256 e. The number of hydrogen-bond donors (Lipinski definition) is 1. The van der Waals surface area contributed by atoms with E-state index in [2.05, 4.69) is 11.9 Å². The molecule has 1 N–H and O–H groups in total. The standard InChI is InChI=1S/C17H20FNO2/c1-2-3-4-5-6-13-7-9-15(10-8-13)21-17-16(18)11-14(20)12-19-17/h7-12,20H,2-6H2,1H3. The Morgan fingerprint density at radius 1 is 1.14 bits per heavy atom. The first-order chi connectivity index (χ1) is 10.2. The molecule has 0 spiro atoms. The Kier molecular flexibility index (Phi) is 5.55. The minimum atomic E-state index is -0.682. The summed E-state index contributed by atoms with van der Waals surface area (Å²) in [4.78, 5) is 3.72. The van der Waals surface area contributed by atoms with Gasteiger partial charge in [-0.15, -0.1) is 0 Å². The van der Waals surface area contributed by atoms with Gasteiger partial charge in [-0.2, -0.15) is 0 Å². The second-order valence-corrected chi connectivity index (χ2v) is 5.04. The van der Waals surface area contributed by atoms with Crippen molar-refractivity contribution in [2.45, 2.75) is 39.0 Å². The monoisotopic (exact) mass is 289 g/mol. The van der Waals surface area contributed by atoms with Crippen molar-refractivity contribution in [3.63, 3.8) is 0 Å². The van der Waals surface area contributed by atoms with Crippen molar-refractivity contribution in [1.82, 2.24) is 4.98 Å². The Morgan fingerprint density at radius 3 is 2.57 bits per heavy atom. The number of unbranched alkanes of at least 4 members (excludes halogenated alkanes) is 3. The number of aryl methyl sites for hydroxylation is 1. The molecule has 0 amide bonds. The number of rotatable bonds is 7. The first kappa shape index (κ1) is 15.3. The number of ether oxygens (including phenoxy) is 1. The first-order valence-electron chi connectivity index (χ1n) is 7.30. The minimum absolute atomic E-state index is 0.136. The van der Waals surface area contributed by atoms with Crippen LogP contribution in [0.4, 0.5) is 4.39 Å². The zero-order valence-corrected chi connectivity index (χ0v) is 12.2. The summed E-state index contributed by atoms with van der Waals surface area (Å²) in [5.74, 6) is -0.506. The highest BCUT2D eigenvalue weighted by atomic mass is 19.1. The summed E-state index contributed by atoms with van der Waals surface area (Å²) in [6.07, 6.45) is 7.14. The van der Waals surface area contributed by atoms with Gasteiger partial charge in [-0.3, -0.25) is 0 Å². The van der Waals surface area contributed by atoms with Gasteiger partial charge in [-0.25, -0.2) is 9.37 Å². The van der Waals surface area contributed by atoms with Crippen molar-refractivity contribution >= 4 is 0 Å². The number of nitrogens with zero attached hydrogens (tertiary/aromatic N) is 1. The van der Waals surface area contributed by atoms with Crippen molar-refractivity contribution in [3.8, 4) is 17.4 Å². The third-order valence-corrected chi connectivity index (χ3v) is 3.25. The van der Waals surface area contributed by atoms with Gasteiger partial charge in [-0.1, -0.05) is 38.3 Å². The largest absolute Gasteiger partial charge is 0.506 e. The summed E-state index contributed by atoms with van der Waals surface area (Å²) in [5.41, 5.74) is 1.25. The number of aromatic hydroxyl groups is 1. The second-order valence-electron chi connectivity index (χ2n) is 5.04. The van der Waals surface area contributed by atoms with Crippen LogP contribution in [0, 0.1) is 5.82 Å². The fourth-order valence-electron chi connectivity index (χ4n) is 2.08. The van der Waals surface area contributed by atoms with E-state index in [1.165, 1.54) is 31.2 Å². The number of pyridine rings is 1. The van der Waals surface area contributed by atoms with Crippen LogP contribution in [-0.4, -0.2) is 10.1 Å². The first-order valence-corrected chi connectivity index (χ1v) is 7.30. The van der Waals surface area contributed by atoms with Gasteiger partial charge < -0.3 is 9.84 Å². The van der Waals surface area contributed by atoms with E-state index in [0.717, 1.165) is 18.7 Å². The summed E-state index contributed by atoms with van der Waals surface area (Å²) in [7, 11) is 0. The Hall–Kier alpha value is -2.10. The van der Waals surface area contributed by atoms with E-state index in [0.29, 0.717) is 5.75 Å². The Balaban J connectivity index is 1.92. The summed E-state index contributed by atoms with van der Waals surface area (Å²) >= 11 is 0. The quantitative estimate of drug-likeness (QED) is 0.741. The van der Waals surface area contributed by atoms with Gasteiger partial charge in [0, 0.05) is 6.07 Å². The maximum atomic E-state index is 13.5. The molecule has 112 valence electrons. The van der Waals surface area contributed by atoms with E-state index in [1.807, 2.05) is 24.3 Å². The van der Waals surface area contributed by atoms with Crippen LogP contribution in [0.25, 0.3) is 0 Å². The van der Waals surface area contributed by atoms with Gasteiger partial charge >= 0.3 is 0 Å². The molecule has 0 saturated heterocycles. The Labute approximate surface area is 124 Å². The third-order valence-electron chi connectivity index (χ3n) is 3.25. The molecule has 4 heteroatoms. The SMILES string of the molecule is CCCCCCc1ccc(Oc2ncc(O)cc2F)cc1. The summed E-state index contributed by atoms with van der Waals surface area (Å²) in [6.45, 7) is 2.20. The molecule has 1 heterocycles. The highest BCUT2D eigenvalue weighted by Crippen LogP contribution is 2.24. The minimum Gasteiger partial charge on any atom is -0.506 e. The van der Waals surface area contributed by atoms with Gasteiger partial charge in [-0.05, 0) is 30.5 Å². The molecule has 0 radical (unpaired) electrons. The summed E-state index contributed by atoms with van der Waals surface area (Å²) < 4.78 is 18.9. The van der Waals surface area contributed by atoms with Crippen molar-refractivity contribution in [2.75, 3.05) is 0 Å². The molecule has 2 aromatic rings. The lowest BCUT2D eigenvalue weighted by atomic mass is 10.1. The topological polar surface area (TPSA) is 42.4 Å². The Bertz CT molecular complexity index is 570. The van der Waals surface area contributed by atoms with Crippen molar-refractivity contribution in [2.24, 2.45) is 0 Å². The third kappa shape index (κ3) is 4.74. The molecule has 0 aliphatic carbocycles. The van der Waals surface area contributed by atoms with Gasteiger partial charge in [0.05, 0.1) is 6.20 Å². The van der Waals surface area contributed by atoms with Gasteiger partial charge in [0.2, 0.25) is 0 Å².